The van der Waals surface area contributed by atoms with Gasteiger partial charge in [0.05, 0.1) is 121 Å². The van der Waals surface area contributed by atoms with Gasteiger partial charge < -0.3 is 60.9 Å². The van der Waals surface area contributed by atoms with Gasteiger partial charge in [-0.05, 0) is 190 Å². The van der Waals surface area contributed by atoms with Crippen molar-refractivity contribution in [3.8, 4) is 22.8 Å². The van der Waals surface area contributed by atoms with E-state index in [4.69, 9.17) is 71.7 Å². The fraction of sp³-hybridized carbons (Fsp3) is 0.438. The molecule has 4 saturated carbocycles. The molecule has 12 atom stereocenters. The molecule has 11 N–H and O–H groups in total. The molecule has 0 spiro atoms. The van der Waals surface area contributed by atoms with Crippen molar-refractivity contribution in [3.63, 3.8) is 0 Å². The number of halogens is 7. The van der Waals surface area contributed by atoms with Crippen molar-refractivity contribution in [1.82, 2.24) is 57.8 Å². The minimum Gasteiger partial charge on any atom is -0.399 e. The van der Waals surface area contributed by atoms with Crippen molar-refractivity contribution >= 4 is 112 Å². The summed E-state index contributed by atoms with van der Waals surface area (Å²) < 4.78 is 110. The largest absolute Gasteiger partial charge is 0.497 e. The lowest BCUT2D eigenvalue weighted by molar-refractivity contribution is -0.0447. The number of hydrogen-bond acceptors (Lipinski definition) is 24. The number of aliphatic hydroxyl groups excluding tert-OH is 8. The molecule has 0 radical (unpaired) electrons. The monoisotopic (exact) mass is 1730 g/mol. The number of nitrogens with zero attached hydrogens (tertiary/aromatic N) is 11. The fourth-order valence-corrected chi connectivity index (χ4v) is 18.1. The van der Waals surface area contributed by atoms with E-state index in [9.17, 15) is 60.6 Å². The molecule has 1 aliphatic heterocycles. The lowest BCUT2D eigenvalue weighted by Crippen LogP contribution is -2.46. The Balaban J connectivity index is 0.000000142. The predicted molar refractivity (Wildman–Crippen MR) is 436 cm³/mol. The number of pyridine rings is 3. The third-order valence-corrected chi connectivity index (χ3v) is 26.5. The van der Waals surface area contributed by atoms with Gasteiger partial charge in [-0.15, -0.1) is 0 Å². The van der Waals surface area contributed by atoms with E-state index in [1.165, 1.54) is 47.1 Å². The third kappa shape index (κ3) is 20.1. The quantitative estimate of drug-likeness (QED) is 0.0379. The number of rotatable bonds is 13. The topological polar surface area (TPSA) is 416 Å². The van der Waals surface area contributed by atoms with Gasteiger partial charge in [-0.2, -0.15) is 0 Å². The number of nitrogens with one attached hydrogen (secondary N) is 1. The number of H-pyrrole nitrogens is 1. The summed E-state index contributed by atoms with van der Waals surface area (Å²) in [5, 5.41) is 80.7. The summed E-state index contributed by atoms with van der Waals surface area (Å²) in [6.07, 6.45) is 15.0. The lowest BCUT2D eigenvalue weighted by atomic mass is 9.79. The molecule has 11 aromatic rings. The first-order valence-electron chi connectivity index (χ1n) is 38.3. The summed E-state index contributed by atoms with van der Waals surface area (Å²) in [6, 6.07) is 17.9. The van der Waals surface area contributed by atoms with E-state index in [2.05, 4.69) is 49.8 Å². The highest BCUT2D eigenvalue weighted by Crippen LogP contribution is 2.40. The maximum absolute atomic E-state index is 14.7. The molecule has 9 aromatic heterocycles. The summed E-state index contributed by atoms with van der Waals surface area (Å²) in [4.78, 5) is 40.4. The average Bonchev–Trinajstić information content (AvgIpc) is 1.59. The summed E-state index contributed by atoms with van der Waals surface area (Å²) in [5.41, 5.74) is 9.37. The van der Waals surface area contributed by atoms with Crippen LogP contribution in [-0.2, 0) is 48.6 Å². The predicted octanol–water partition coefficient (Wildman–Crippen LogP) is 10.9. The summed E-state index contributed by atoms with van der Waals surface area (Å²) >= 11 is 24.0. The van der Waals surface area contributed by atoms with Crippen molar-refractivity contribution in [2.24, 2.45) is 23.5 Å². The number of aromatic nitrogens is 12. The first-order valence-corrected chi connectivity index (χ1v) is 42.6. The van der Waals surface area contributed by atoms with Crippen molar-refractivity contribution in [2.45, 2.75) is 214 Å². The van der Waals surface area contributed by atoms with Crippen LogP contribution in [0.5, 0.6) is 0 Å². The van der Waals surface area contributed by atoms with Crippen LogP contribution in [0.15, 0.2) is 132 Å². The van der Waals surface area contributed by atoms with E-state index in [-0.39, 0.29) is 97.4 Å². The number of fused-ring (bicyclic) bond motifs is 3. The normalized spacial score (nSPS) is 23.9. The van der Waals surface area contributed by atoms with Gasteiger partial charge in [0, 0.05) is 76.0 Å². The van der Waals surface area contributed by atoms with Gasteiger partial charge in [0.25, 0.3) is 20.0 Å². The third-order valence-electron chi connectivity index (χ3n) is 22.3. The van der Waals surface area contributed by atoms with E-state index >= 15 is 0 Å². The van der Waals surface area contributed by atoms with Crippen LogP contribution in [0, 0.1) is 49.1 Å². The molecule has 0 amide bonds. The maximum atomic E-state index is 14.7. The van der Waals surface area contributed by atoms with Gasteiger partial charge in [-0.1, -0.05) is 89.5 Å². The Labute approximate surface area is 694 Å². The van der Waals surface area contributed by atoms with E-state index < -0.39 is 105 Å². The molecule has 5 aliphatic rings. The van der Waals surface area contributed by atoms with Gasteiger partial charge in [0.1, 0.15) is 5.65 Å². The standard InChI is InChI=1S/C25H24ClFN4O4S.C20H22BClN2O4S.C18H18ClFN4O2.C11H14ClFN2O2.C6H13NO2/c1-14-5-7-17(8-6-14)36(34,35)31-13-19(18-10-16(26)11-29-25(18)31)24-28-12-20(27)21(30-24)9-15-3-2-4-22(32)23(15)33;1-13-6-8-15(9-7-13)29(25,26)24-12-17(16-10-14(22)11-23-18(16)24)21-27-19(2,3)20(4,5)28-21;19-10-5-11-12(7-22-17(11)21-6-10)18-23-8-13(20)14(24-18)4-9-2-1-3-15(25)16(9)26;12-11-14-5-7(13)8(15-11)4-6-2-1-3-9(16)10(6)17;7-4-2-1-3-5(8)6(4)9/h5-8,10-13,15,22-23,32-33H,2-4,9H2,1H3;6-12H,1-5H3;5-9,15-16,25-26H,1-4H2,(H,21,22);5-6,9-10,16-17H,1-4H2;4-6,8-9H,1-3,7H2/t15-,22-,23-;;9-,15-,16-;6-,9-,10-;4-,5+,6+/m1.110/s1. The molecule has 117 heavy (non-hydrogen) atoms. The first kappa shape index (κ1) is 88.5. The van der Waals surface area contributed by atoms with Crippen LogP contribution in [0.25, 0.3) is 55.9 Å². The zero-order valence-electron chi connectivity index (χ0n) is 64.6. The number of benzene rings is 2. The Hall–Kier alpha value is -7.78. The van der Waals surface area contributed by atoms with Crippen molar-refractivity contribution < 1.29 is 80.2 Å². The van der Waals surface area contributed by atoms with Crippen molar-refractivity contribution in [3.05, 3.63) is 189 Å². The highest BCUT2D eigenvalue weighted by atomic mass is 35.5. The van der Waals surface area contributed by atoms with Crippen LogP contribution in [0.1, 0.15) is 133 Å². The second-order valence-electron chi connectivity index (χ2n) is 31.2. The smallest absolute Gasteiger partial charge is 0.399 e. The number of aromatic amines is 1. The lowest BCUT2D eigenvalue weighted by Gasteiger charge is -2.32. The zero-order chi connectivity index (χ0) is 84.3. The number of aliphatic hydroxyl groups is 8. The molecule has 0 unspecified atom stereocenters. The van der Waals surface area contributed by atoms with Crippen molar-refractivity contribution in [1.29, 1.82) is 0 Å². The number of hydrogen-bond donors (Lipinski definition) is 10. The summed E-state index contributed by atoms with van der Waals surface area (Å²) in [6.45, 7) is 11.5. The van der Waals surface area contributed by atoms with Crippen LogP contribution < -0.4 is 11.2 Å². The van der Waals surface area contributed by atoms with Crippen LogP contribution in [0.4, 0.5) is 13.2 Å². The fourth-order valence-electron chi connectivity index (χ4n) is 14.9. The molecule has 16 rings (SSSR count). The molecule has 37 heteroatoms. The summed E-state index contributed by atoms with van der Waals surface area (Å²) in [5.74, 6) is -1.98. The SMILES string of the molecule is Cc1ccc(S(=O)(=O)n2cc(-c3ncc(F)c(C[C@H]4CCC[C@@H](O)[C@@H]4O)n3)c3cc(Cl)cnc32)cc1.Cc1ccc(S(=O)(=O)n2cc(B3OC(C)(C)C(C)(C)O3)c3cc(Cl)cnc32)cc1.N[C@H]1CCC[C@@H](O)[C@@H]1O.O[C@@H]1[C@@H](Cc2nc(-c3c[nH]c4ncc(Cl)cc34)ncc2F)CCC[C@H]1O.O[C@@H]1[C@@H](Cc2nc(Cl)ncc2F)CCC[C@H]1O. The maximum Gasteiger partial charge on any atom is 0.497 e. The van der Waals surface area contributed by atoms with Crippen LogP contribution >= 0.6 is 46.4 Å². The van der Waals surface area contributed by atoms with Gasteiger partial charge in [0.2, 0.25) is 5.28 Å². The Bertz CT molecular complexity index is 5570. The van der Waals surface area contributed by atoms with Gasteiger partial charge in [-0.3, -0.25) is 0 Å². The Morgan fingerprint density at radius 1 is 0.487 bits per heavy atom. The Morgan fingerprint density at radius 2 is 0.872 bits per heavy atom. The average molecular weight is 1730 g/mol. The van der Waals surface area contributed by atoms with Crippen LogP contribution in [0.3, 0.4) is 0 Å². The zero-order valence-corrected chi connectivity index (χ0v) is 69.3. The number of aryl methyl sites for hydroxylation is 2. The molecular weight excluding hydrogens is 1640 g/mol. The van der Waals surface area contributed by atoms with E-state index in [0.717, 1.165) is 84.0 Å². The second kappa shape index (κ2) is 37.1. The van der Waals surface area contributed by atoms with Gasteiger partial charge in [0.15, 0.2) is 40.4 Å². The van der Waals surface area contributed by atoms with Crippen LogP contribution in [0.2, 0.25) is 20.4 Å². The van der Waals surface area contributed by atoms with E-state index in [0.29, 0.717) is 81.0 Å². The minimum absolute atomic E-state index is 0.00718. The molecular formula is C80H91BCl4F3N13O14S2. The van der Waals surface area contributed by atoms with E-state index in [1.807, 2.05) is 41.5 Å². The van der Waals surface area contributed by atoms with Crippen LogP contribution in [-0.4, -0.2) is 189 Å². The minimum atomic E-state index is -4.02. The highest BCUT2D eigenvalue weighted by molar-refractivity contribution is 7.90. The number of nitrogens with two attached hydrogens (primary N) is 1. The molecule has 1 saturated heterocycles. The molecule has 4 aliphatic carbocycles. The molecule has 27 nitrogen and oxygen atoms in total. The molecule has 0 bridgehead atoms. The summed E-state index contributed by atoms with van der Waals surface area (Å²) in [7, 11) is -8.62. The molecule has 624 valence electrons. The highest BCUT2D eigenvalue weighted by Gasteiger charge is 2.53. The molecule has 10 heterocycles. The van der Waals surface area contributed by atoms with Gasteiger partial charge in [-0.25, -0.2) is 82.8 Å². The van der Waals surface area contributed by atoms with Crippen molar-refractivity contribution in [2.75, 3.05) is 0 Å². The molecule has 2 aromatic carbocycles. The Morgan fingerprint density at radius 3 is 1.32 bits per heavy atom. The second-order valence-corrected chi connectivity index (χ2v) is 36.4. The van der Waals surface area contributed by atoms with E-state index in [1.54, 1.807) is 60.8 Å². The molecule has 5 fully saturated rings. The Kier molecular flexibility index (Phi) is 28.0. The van der Waals surface area contributed by atoms with Gasteiger partial charge >= 0.3 is 7.12 Å². The first-order chi connectivity index (χ1) is 55.4.